The minimum atomic E-state index is -2.50. The molecular formula is C9H14F2O2S. The molecule has 0 radical (unpaired) electrons. The Hall–Kier alpha value is -0.320. The largest absolute Gasteiger partial charge is 0.481 e. The van der Waals surface area contributed by atoms with Crippen molar-refractivity contribution in [3.63, 3.8) is 0 Å². The van der Waals surface area contributed by atoms with Gasteiger partial charge < -0.3 is 5.11 Å². The monoisotopic (exact) mass is 224 g/mol. The van der Waals surface area contributed by atoms with Crippen molar-refractivity contribution in [2.45, 2.75) is 25.7 Å². The van der Waals surface area contributed by atoms with Gasteiger partial charge in [0.25, 0.3) is 0 Å². The first-order valence-electron chi connectivity index (χ1n) is 4.69. The van der Waals surface area contributed by atoms with Gasteiger partial charge in [0, 0.05) is 5.92 Å². The van der Waals surface area contributed by atoms with Crippen LogP contribution in [0.25, 0.3) is 0 Å². The lowest BCUT2D eigenvalue weighted by Crippen LogP contribution is -2.27. The zero-order chi connectivity index (χ0) is 10.6. The molecule has 0 saturated carbocycles. The lowest BCUT2D eigenvalue weighted by molar-refractivity contribution is -0.140. The predicted molar refractivity (Wildman–Crippen MR) is 51.8 cm³/mol. The van der Waals surface area contributed by atoms with E-state index in [1.54, 1.807) is 11.8 Å². The number of hydrogen-bond acceptors (Lipinski definition) is 2. The van der Waals surface area contributed by atoms with Gasteiger partial charge in [0.2, 0.25) is 6.43 Å². The summed E-state index contributed by atoms with van der Waals surface area (Å²) in [6, 6.07) is 0. The van der Waals surface area contributed by atoms with Crippen LogP contribution in [0.5, 0.6) is 0 Å². The second-order valence-corrected chi connectivity index (χ2v) is 4.77. The maximum Gasteiger partial charge on any atom is 0.303 e. The number of hydrogen-bond donors (Lipinski definition) is 1. The third-order valence-electron chi connectivity index (χ3n) is 2.61. The van der Waals surface area contributed by atoms with Crippen LogP contribution in [-0.4, -0.2) is 29.0 Å². The first-order chi connectivity index (χ1) is 6.61. The van der Waals surface area contributed by atoms with E-state index < -0.39 is 24.7 Å². The van der Waals surface area contributed by atoms with Crippen molar-refractivity contribution in [1.82, 2.24) is 0 Å². The van der Waals surface area contributed by atoms with Crippen molar-refractivity contribution in [3.05, 3.63) is 0 Å². The van der Waals surface area contributed by atoms with E-state index in [0.717, 1.165) is 24.3 Å². The van der Waals surface area contributed by atoms with E-state index in [2.05, 4.69) is 0 Å². The van der Waals surface area contributed by atoms with Crippen molar-refractivity contribution < 1.29 is 18.7 Å². The molecule has 0 aliphatic carbocycles. The number of halogens is 2. The molecule has 0 aromatic carbocycles. The van der Waals surface area contributed by atoms with Gasteiger partial charge in [-0.3, -0.25) is 4.79 Å². The van der Waals surface area contributed by atoms with E-state index >= 15 is 0 Å². The summed E-state index contributed by atoms with van der Waals surface area (Å²) >= 11 is 1.75. The topological polar surface area (TPSA) is 37.3 Å². The Labute approximate surface area is 86.1 Å². The molecule has 1 heterocycles. The zero-order valence-corrected chi connectivity index (χ0v) is 8.60. The second-order valence-electron chi connectivity index (χ2n) is 3.55. The summed E-state index contributed by atoms with van der Waals surface area (Å²) in [5.74, 6) is -0.407. The Bertz CT molecular complexity index is 193. The molecule has 0 amide bonds. The van der Waals surface area contributed by atoms with Crippen LogP contribution in [0.1, 0.15) is 19.3 Å². The van der Waals surface area contributed by atoms with Gasteiger partial charge in [-0.2, -0.15) is 11.8 Å². The number of thioether (sulfide) groups is 1. The van der Waals surface area contributed by atoms with Gasteiger partial charge in [-0.1, -0.05) is 0 Å². The number of carboxylic acids is 1. The van der Waals surface area contributed by atoms with Crippen LogP contribution in [0, 0.1) is 11.8 Å². The van der Waals surface area contributed by atoms with Crippen LogP contribution in [-0.2, 0) is 4.79 Å². The fourth-order valence-electron chi connectivity index (χ4n) is 1.81. The van der Waals surface area contributed by atoms with Gasteiger partial charge in [0.15, 0.2) is 0 Å². The van der Waals surface area contributed by atoms with Crippen LogP contribution in [0.3, 0.4) is 0 Å². The Balaban J connectivity index is 2.51. The molecule has 82 valence electrons. The van der Waals surface area contributed by atoms with Crippen LogP contribution in [0.15, 0.2) is 0 Å². The average molecular weight is 224 g/mol. The Morgan fingerprint density at radius 3 is 2.43 bits per heavy atom. The van der Waals surface area contributed by atoms with E-state index in [-0.39, 0.29) is 5.92 Å². The third kappa shape index (κ3) is 3.44. The molecule has 0 aromatic heterocycles. The smallest absolute Gasteiger partial charge is 0.303 e. The van der Waals surface area contributed by atoms with Crippen molar-refractivity contribution in [2.24, 2.45) is 11.8 Å². The SMILES string of the molecule is O=C(O)CC(C(F)F)C1CCSCC1. The fourth-order valence-corrected chi connectivity index (χ4v) is 2.95. The quantitative estimate of drug-likeness (QED) is 0.797. The molecule has 1 aliphatic rings. The van der Waals surface area contributed by atoms with Crippen molar-refractivity contribution in [1.29, 1.82) is 0 Å². The second kappa shape index (κ2) is 5.53. The number of carboxylic acid groups (broad SMARTS) is 1. The Morgan fingerprint density at radius 2 is 2.00 bits per heavy atom. The molecule has 1 saturated heterocycles. The predicted octanol–water partition coefficient (Wildman–Crippen LogP) is 2.49. The Morgan fingerprint density at radius 1 is 1.43 bits per heavy atom. The molecule has 0 spiro atoms. The molecule has 1 N–H and O–H groups in total. The lowest BCUT2D eigenvalue weighted by atomic mass is 9.85. The summed E-state index contributed by atoms with van der Waals surface area (Å²) in [5, 5.41) is 8.52. The highest BCUT2D eigenvalue weighted by Gasteiger charge is 2.32. The standard InChI is InChI=1S/C9H14F2O2S/c10-9(11)7(5-8(12)13)6-1-3-14-4-2-6/h6-7,9H,1-5H2,(H,12,13). The van der Waals surface area contributed by atoms with Gasteiger partial charge in [-0.25, -0.2) is 8.78 Å². The van der Waals surface area contributed by atoms with Crippen LogP contribution < -0.4 is 0 Å². The molecule has 5 heteroatoms. The summed E-state index contributed by atoms with van der Waals surface area (Å²) in [5.41, 5.74) is 0. The zero-order valence-electron chi connectivity index (χ0n) is 7.79. The van der Waals surface area contributed by atoms with E-state index in [0.29, 0.717) is 0 Å². The minimum absolute atomic E-state index is 0.104. The molecule has 14 heavy (non-hydrogen) atoms. The van der Waals surface area contributed by atoms with Gasteiger partial charge >= 0.3 is 5.97 Å². The van der Waals surface area contributed by atoms with Gasteiger partial charge in [-0.05, 0) is 30.3 Å². The average Bonchev–Trinajstić information content (AvgIpc) is 2.15. The molecule has 1 atom stereocenters. The summed E-state index contributed by atoms with van der Waals surface area (Å²) < 4.78 is 25.1. The molecule has 1 fully saturated rings. The number of carbonyl (C=O) groups is 1. The van der Waals surface area contributed by atoms with E-state index in [4.69, 9.17) is 5.11 Å². The normalized spacial score (nSPS) is 21.1. The molecule has 0 bridgehead atoms. The van der Waals surface area contributed by atoms with Crippen LogP contribution in [0.4, 0.5) is 8.78 Å². The molecule has 0 aromatic rings. The highest BCUT2D eigenvalue weighted by molar-refractivity contribution is 7.99. The van der Waals surface area contributed by atoms with Gasteiger partial charge in [0.1, 0.15) is 0 Å². The van der Waals surface area contributed by atoms with Crippen molar-refractivity contribution in [3.8, 4) is 0 Å². The molecule has 2 nitrogen and oxygen atoms in total. The maximum absolute atomic E-state index is 12.6. The van der Waals surface area contributed by atoms with Gasteiger partial charge in [-0.15, -0.1) is 0 Å². The Kier molecular flexibility index (Phi) is 4.65. The number of aliphatic carboxylic acids is 1. The molecule has 1 unspecified atom stereocenters. The van der Waals surface area contributed by atoms with Crippen molar-refractivity contribution in [2.75, 3.05) is 11.5 Å². The maximum atomic E-state index is 12.6. The molecule has 1 rings (SSSR count). The minimum Gasteiger partial charge on any atom is -0.481 e. The fraction of sp³-hybridized carbons (Fsp3) is 0.889. The summed E-state index contributed by atoms with van der Waals surface area (Å²) in [6.45, 7) is 0. The van der Waals surface area contributed by atoms with Crippen LogP contribution >= 0.6 is 11.8 Å². The highest BCUT2D eigenvalue weighted by Crippen LogP contribution is 2.34. The highest BCUT2D eigenvalue weighted by atomic mass is 32.2. The van der Waals surface area contributed by atoms with Gasteiger partial charge in [0.05, 0.1) is 6.42 Å². The number of rotatable bonds is 4. The van der Waals surface area contributed by atoms with E-state index in [1.165, 1.54) is 0 Å². The van der Waals surface area contributed by atoms with Crippen molar-refractivity contribution >= 4 is 17.7 Å². The van der Waals surface area contributed by atoms with Crippen LogP contribution in [0.2, 0.25) is 0 Å². The van der Waals surface area contributed by atoms with E-state index in [9.17, 15) is 13.6 Å². The summed E-state index contributed by atoms with van der Waals surface area (Å²) in [4.78, 5) is 10.4. The summed E-state index contributed by atoms with van der Waals surface area (Å²) in [7, 11) is 0. The first kappa shape index (κ1) is 11.8. The first-order valence-corrected chi connectivity index (χ1v) is 5.84. The lowest BCUT2D eigenvalue weighted by Gasteiger charge is -2.28. The molecular weight excluding hydrogens is 210 g/mol. The molecule has 1 aliphatic heterocycles. The number of alkyl halides is 2. The third-order valence-corrected chi connectivity index (χ3v) is 3.65. The summed E-state index contributed by atoms with van der Waals surface area (Å²) in [6.07, 6.45) is -1.44. The van der Waals surface area contributed by atoms with E-state index in [1.807, 2.05) is 0 Å².